The molecule has 0 aliphatic carbocycles. The molecule has 0 radical (unpaired) electrons. The van der Waals surface area contributed by atoms with Crippen LogP contribution >= 0.6 is 15.9 Å². The minimum absolute atomic E-state index is 0.150. The minimum atomic E-state index is -4.50. The standard InChI is InChI=1S/C21H24BrF2N3O4S/c1-14-16(21(25)17(22)12-26-9-10-30-2)5-4-6-19(14)27(13-31-3)32(28,29)20-11-15(23)7-8-18(20)24/h4-8,11-12,17,25H,9-10,13H2,1-3H3. The lowest BCUT2D eigenvalue weighted by Gasteiger charge is -2.26. The maximum Gasteiger partial charge on any atom is 0.269 e. The molecule has 7 nitrogen and oxygen atoms in total. The molecule has 2 aromatic rings. The number of aliphatic imine (C=N–C) groups is 1. The van der Waals surface area contributed by atoms with Crippen molar-refractivity contribution >= 4 is 43.6 Å². The third-order valence-electron chi connectivity index (χ3n) is 4.51. The van der Waals surface area contributed by atoms with Crippen LogP contribution in [-0.2, 0) is 19.5 Å². The third-order valence-corrected chi connectivity index (χ3v) is 6.95. The Morgan fingerprint density at radius 2 is 1.97 bits per heavy atom. The Morgan fingerprint density at radius 3 is 2.62 bits per heavy atom. The largest absolute Gasteiger partial charge is 0.383 e. The first-order valence-electron chi connectivity index (χ1n) is 9.43. The lowest BCUT2D eigenvalue weighted by atomic mass is 10.0. The first kappa shape index (κ1) is 26.0. The topological polar surface area (TPSA) is 92.0 Å². The Labute approximate surface area is 194 Å². The molecular formula is C21H24BrF2N3O4S. The Bertz CT molecular complexity index is 1100. The Hall–Kier alpha value is -2.21. The predicted molar refractivity (Wildman–Crippen MR) is 124 cm³/mol. The highest BCUT2D eigenvalue weighted by molar-refractivity contribution is 9.10. The van der Waals surface area contributed by atoms with Crippen LogP contribution in [0.5, 0.6) is 0 Å². The number of nitrogens with zero attached hydrogens (tertiary/aromatic N) is 2. The second-order valence-corrected chi connectivity index (χ2v) is 9.48. The van der Waals surface area contributed by atoms with Crippen molar-refractivity contribution in [1.82, 2.24) is 0 Å². The predicted octanol–water partition coefficient (Wildman–Crippen LogP) is 3.92. The maximum atomic E-state index is 14.3. The van der Waals surface area contributed by atoms with Crippen LogP contribution in [0.3, 0.4) is 0 Å². The molecule has 11 heteroatoms. The second kappa shape index (κ2) is 11.6. The number of benzene rings is 2. The van der Waals surface area contributed by atoms with E-state index in [-0.39, 0.29) is 11.4 Å². The van der Waals surface area contributed by atoms with Crippen LogP contribution in [0.2, 0.25) is 0 Å². The fraction of sp³-hybridized carbons (Fsp3) is 0.333. The van der Waals surface area contributed by atoms with Crippen LogP contribution < -0.4 is 4.31 Å². The van der Waals surface area contributed by atoms with Crippen molar-refractivity contribution in [3.63, 3.8) is 0 Å². The Kier molecular flexibility index (Phi) is 9.44. The number of ether oxygens (including phenoxy) is 2. The molecule has 32 heavy (non-hydrogen) atoms. The number of hydrogen-bond acceptors (Lipinski definition) is 6. The van der Waals surface area contributed by atoms with E-state index in [4.69, 9.17) is 14.9 Å². The van der Waals surface area contributed by atoms with Gasteiger partial charge in [0.05, 0.1) is 29.4 Å². The second-order valence-electron chi connectivity index (χ2n) is 6.66. The molecule has 1 unspecified atom stereocenters. The Morgan fingerprint density at radius 1 is 1.25 bits per heavy atom. The summed E-state index contributed by atoms with van der Waals surface area (Å²) in [6, 6.07) is 6.97. The molecule has 0 amide bonds. The van der Waals surface area contributed by atoms with Crippen LogP contribution in [0.1, 0.15) is 11.1 Å². The van der Waals surface area contributed by atoms with Crippen molar-refractivity contribution in [2.45, 2.75) is 16.6 Å². The quantitative estimate of drug-likeness (QED) is 0.206. The normalized spacial score (nSPS) is 12.8. The van der Waals surface area contributed by atoms with Gasteiger partial charge >= 0.3 is 0 Å². The number of nitrogens with one attached hydrogen (secondary N) is 1. The highest BCUT2D eigenvalue weighted by Gasteiger charge is 2.30. The van der Waals surface area contributed by atoms with E-state index in [1.165, 1.54) is 13.2 Å². The third kappa shape index (κ3) is 5.97. The van der Waals surface area contributed by atoms with Gasteiger partial charge in [-0.25, -0.2) is 21.5 Å². The zero-order valence-electron chi connectivity index (χ0n) is 17.8. The number of anilines is 1. The molecule has 0 aromatic heterocycles. The highest BCUT2D eigenvalue weighted by atomic mass is 79.9. The molecular weight excluding hydrogens is 508 g/mol. The lowest BCUT2D eigenvalue weighted by molar-refractivity contribution is 0.208. The smallest absolute Gasteiger partial charge is 0.269 e. The summed E-state index contributed by atoms with van der Waals surface area (Å²) in [5, 5.41) is 8.50. The van der Waals surface area contributed by atoms with Gasteiger partial charge in [0.15, 0.2) is 0 Å². The van der Waals surface area contributed by atoms with E-state index in [1.807, 2.05) is 0 Å². The summed E-state index contributed by atoms with van der Waals surface area (Å²) in [5.74, 6) is -1.97. The summed E-state index contributed by atoms with van der Waals surface area (Å²) in [5.41, 5.74) is 1.23. The van der Waals surface area contributed by atoms with Gasteiger partial charge in [-0.1, -0.05) is 28.1 Å². The molecule has 0 fully saturated rings. The van der Waals surface area contributed by atoms with Gasteiger partial charge in [-0.15, -0.1) is 0 Å². The molecule has 2 rings (SSSR count). The summed E-state index contributed by atoms with van der Waals surface area (Å²) in [6.07, 6.45) is 1.55. The van der Waals surface area contributed by atoms with Crippen LogP contribution in [-0.4, -0.2) is 59.3 Å². The Balaban J connectivity index is 2.49. The van der Waals surface area contributed by atoms with Crippen LogP contribution in [0.15, 0.2) is 46.3 Å². The van der Waals surface area contributed by atoms with Crippen molar-refractivity contribution < 1.29 is 26.7 Å². The van der Waals surface area contributed by atoms with Crippen molar-refractivity contribution in [2.24, 2.45) is 4.99 Å². The van der Waals surface area contributed by atoms with Gasteiger partial charge in [0, 0.05) is 26.0 Å². The highest BCUT2D eigenvalue weighted by Crippen LogP contribution is 2.31. The van der Waals surface area contributed by atoms with E-state index in [0.717, 1.165) is 16.4 Å². The number of alkyl halides is 1. The average molecular weight is 532 g/mol. The summed E-state index contributed by atoms with van der Waals surface area (Å²) < 4.78 is 65.2. The number of halogens is 3. The first-order valence-corrected chi connectivity index (χ1v) is 11.8. The molecule has 0 heterocycles. The van der Waals surface area contributed by atoms with Gasteiger partial charge in [0.2, 0.25) is 0 Å². The van der Waals surface area contributed by atoms with E-state index >= 15 is 0 Å². The monoisotopic (exact) mass is 531 g/mol. The molecule has 0 aliphatic rings. The summed E-state index contributed by atoms with van der Waals surface area (Å²) >= 11 is 3.39. The molecule has 1 atom stereocenters. The van der Waals surface area contributed by atoms with E-state index < -0.39 is 38.1 Å². The van der Waals surface area contributed by atoms with Gasteiger partial charge in [-0.2, -0.15) is 0 Å². The number of hydrogen-bond donors (Lipinski definition) is 1. The van der Waals surface area contributed by atoms with Crippen LogP contribution in [0.4, 0.5) is 14.5 Å². The zero-order chi connectivity index (χ0) is 23.9. The van der Waals surface area contributed by atoms with Gasteiger partial charge in [0.25, 0.3) is 10.0 Å². The maximum absolute atomic E-state index is 14.3. The SMILES string of the molecule is COCCN=CC(Br)C(=N)c1cccc(N(COC)S(=O)(=O)c2cc(F)ccc2F)c1C. The van der Waals surface area contributed by atoms with E-state index in [2.05, 4.69) is 20.9 Å². The van der Waals surface area contributed by atoms with Crippen molar-refractivity contribution in [3.8, 4) is 0 Å². The van der Waals surface area contributed by atoms with E-state index in [9.17, 15) is 17.2 Å². The first-order chi connectivity index (χ1) is 15.1. The van der Waals surface area contributed by atoms with Gasteiger partial charge in [-0.05, 0) is 36.8 Å². The summed E-state index contributed by atoms with van der Waals surface area (Å²) in [4.78, 5) is 2.85. The molecule has 0 spiro atoms. The lowest BCUT2D eigenvalue weighted by Crippen LogP contribution is -2.34. The number of sulfonamides is 1. The fourth-order valence-corrected chi connectivity index (χ4v) is 4.83. The average Bonchev–Trinajstić information content (AvgIpc) is 2.76. The summed E-state index contributed by atoms with van der Waals surface area (Å²) in [7, 11) is -1.65. The zero-order valence-corrected chi connectivity index (χ0v) is 20.2. The van der Waals surface area contributed by atoms with Crippen LogP contribution in [0.25, 0.3) is 0 Å². The van der Waals surface area contributed by atoms with Crippen molar-refractivity contribution in [1.29, 1.82) is 5.41 Å². The van der Waals surface area contributed by atoms with Crippen LogP contribution in [0, 0.1) is 24.0 Å². The van der Waals surface area contributed by atoms with Gasteiger partial charge < -0.3 is 14.9 Å². The fourth-order valence-electron chi connectivity index (χ4n) is 2.90. The molecule has 0 aliphatic heterocycles. The van der Waals surface area contributed by atoms with Crippen molar-refractivity contribution in [2.75, 3.05) is 38.4 Å². The summed E-state index contributed by atoms with van der Waals surface area (Å²) in [6.45, 7) is 2.08. The van der Waals surface area contributed by atoms with Gasteiger partial charge in [-0.3, -0.25) is 4.99 Å². The molecule has 174 valence electrons. The molecule has 2 aromatic carbocycles. The van der Waals surface area contributed by atoms with Gasteiger partial charge in [0.1, 0.15) is 23.3 Å². The van der Waals surface area contributed by atoms with Crippen molar-refractivity contribution in [3.05, 3.63) is 59.2 Å². The molecule has 0 saturated carbocycles. The molecule has 1 N–H and O–H groups in total. The van der Waals surface area contributed by atoms with E-state index in [1.54, 1.807) is 32.4 Å². The minimum Gasteiger partial charge on any atom is -0.383 e. The number of rotatable bonds is 11. The number of methoxy groups -OCH3 is 2. The van der Waals surface area contributed by atoms with E-state index in [0.29, 0.717) is 30.3 Å². The molecule has 0 bridgehead atoms. The molecule has 0 saturated heterocycles.